The second-order valence-corrected chi connectivity index (χ2v) is 6.99. The van der Waals surface area contributed by atoms with Crippen LogP contribution in [-0.2, 0) is 9.53 Å². The number of hydrogen-bond acceptors (Lipinski definition) is 9. The summed E-state index contributed by atoms with van der Waals surface area (Å²) in [6.07, 6.45) is 6.46. The molecule has 1 atom stereocenters. The van der Waals surface area contributed by atoms with E-state index >= 15 is 0 Å². The summed E-state index contributed by atoms with van der Waals surface area (Å²) in [5, 5.41) is 7.88. The summed E-state index contributed by atoms with van der Waals surface area (Å²) in [4.78, 5) is 33.8. The van der Waals surface area contributed by atoms with Crippen LogP contribution >= 0.6 is 11.6 Å². The van der Waals surface area contributed by atoms with Crippen molar-refractivity contribution in [3.05, 3.63) is 54.0 Å². The minimum atomic E-state index is -1.00. The number of nitrogens with one attached hydrogen (secondary N) is 1. The topological polar surface area (TPSA) is 130 Å². The number of halogens is 1. The van der Waals surface area contributed by atoms with Crippen LogP contribution < -0.4 is 10.1 Å². The van der Waals surface area contributed by atoms with Crippen LogP contribution in [0.2, 0.25) is 5.02 Å². The average molecular weight is 455 g/mol. The van der Waals surface area contributed by atoms with E-state index in [1.165, 1.54) is 23.4 Å². The first-order chi connectivity index (χ1) is 15.6. The molecule has 0 aliphatic heterocycles. The number of rotatable bonds is 8. The minimum absolute atomic E-state index is 0.00727. The Kier molecular flexibility index (Phi) is 6.47. The number of aryl methyl sites for hydroxylation is 1. The highest BCUT2D eigenvalue weighted by Crippen LogP contribution is 2.26. The molecule has 164 valence electrons. The van der Waals surface area contributed by atoms with Gasteiger partial charge in [0, 0.05) is 12.8 Å². The molecule has 1 N–H and O–H groups in total. The van der Waals surface area contributed by atoms with Gasteiger partial charge >= 0.3 is 0 Å². The van der Waals surface area contributed by atoms with Crippen LogP contribution in [0.3, 0.4) is 0 Å². The fourth-order valence-corrected chi connectivity index (χ4v) is 2.99. The summed E-state index contributed by atoms with van der Waals surface area (Å²) in [5.74, 6) is 0.429. The number of nitrogens with zero attached hydrogens (tertiary/aromatic N) is 7. The predicted molar refractivity (Wildman–Crippen MR) is 116 cm³/mol. The number of anilines is 1. The van der Waals surface area contributed by atoms with Crippen molar-refractivity contribution in [3.8, 4) is 11.7 Å². The van der Waals surface area contributed by atoms with Crippen LogP contribution in [-0.4, -0.2) is 59.9 Å². The van der Waals surface area contributed by atoms with E-state index < -0.39 is 12.0 Å². The van der Waals surface area contributed by atoms with Crippen LogP contribution in [0.4, 0.5) is 5.82 Å². The van der Waals surface area contributed by atoms with Gasteiger partial charge in [-0.25, -0.2) is 19.9 Å². The Morgan fingerprint density at radius 2 is 2.06 bits per heavy atom. The quantitative estimate of drug-likeness (QED) is 0.426. The molecule has 0 aliphatic carbocycles. The van der Waals surface area contributed by atoms with Crippen LogP contribution in [0.1, 0.15) is 12.6 Å². The van der Waals surface area contributed by atoms with Gasteiger partial charge in [-0.3, -0.25) is 9.78 Å². The molecule has 1 amide bonds. The van der Waals surface area contributed by atoms with Gasteiger partial charge in [0.05, 0.1) is 35.9 Å². The van der Waals surface area contributed by atoms with E-state index in [1.54, 1.807) is 31.5 Å². The molecule has 12 heteroatoms. The van der Waals surface area contributed by atoms with Gasteiger partial charge in [-0.1, -0.05) is 11.6 Å². The van der Waals surface area contributed by atoms with Gasteiger partial charge in [0.2, 0.25) is 12.0 Å². The summed E-state index contributed by atoms with van der Waals surface area (Å²) in [6, 6.07) is 3.42. The Morgan fingerprint density at radius 3 is 2.81 bits per heavy atom. The highest BCUT2D eigenvalue weighted by atomic mass is 35.5. The molecule has 4 heterocycles. The molecule has 32 heavy (non-hydrogen) atoms. The lowest BCUT2D eigenvalue weighted by Gasteiger charge is -2.18. The number of carbonyl (C=O) groups is 1. The number of hydrogen-bond donors (Lipinski definition) is 1. The summed E-state index contributed by atoms with van der Waals surface area (Å²) >= 11 is 6.25. The summed E-state index contributed by atoms with van der Waals surface area (Å²) in [6.45, 7) is 4.04. The summed E-state index contributed by atoms with van der Waals surface area (Å²) in [5.41, 5.74) is 1.16. The third-order valence-electron chi connectivity index (χ3n) is 4.32. The van der Waals surface area contributed by atoms with Gasteiger partial charge in [0.1, 0.15) is 11.7 Å². The fraction of sp³-hybridized carbons (Fsp3) is 0.250. The Labute approximate surface area is 187 Å². The molecule has 4 rings (SSSR count). The van der Waals surface area contributed by atoms with Crippen molar-refractivity contribution in [2.45, 2.75) is 20.0 Å². The highest BCUT2D eigenvalue weighted by molar-refractivity contribution is 6.32. The van der Waals surface area contributed by atoms with E-state index in [-0.39, 0.29) is 12.5 Å². The molecule has 0 fully saturated rings. The molecule has 0 unspecified atom stereocenters. The van der Waals surface area contributed by atoms with Crippen molar-refractivity contribution in [2.75, 3.05) is 18.5 Å². The number of fused-ring (bicyclic) bond motifs is 1. The molecule has 0 radical (unpaired) electrons. The molecule has 4 aromatic heterocycles. The molecular weight excluding hydrogens is 436 g/mol. The van der Waals surface area contributed by atoms with Gasteiger partial charge in [0.25, 0.3) is 5.91 Å². The third-order valence-corrected chi connectivity index (χ3v) is 4.62. The number of pyridine rings is 1. The summed E-state index contributed by atoms with van der Waals surface area (Å²) in [7, 11) is 0. The first-order valence-electron chi connectivity index (χ1n) is 9.70. The maximum absolute atomic E-state index is 12.8. The molecule has 0 saturated carbocycles. The zero-order chi connectivity index (χ0) is 22.5. The van der Waals surface area contributed by atoms with Crippen LogP contribution in [0.5, 0.6) is 5.88 Å². The average Bonchev–Trinajstić information content (AvgIpc) is 3.23. The SMILES string of the molecule is CCOC[C@H](Oc1ncnc2c1cnn2-c1ncccc1Cl)C(=O)Nc1cnc(C)cn1. The maximum Gasteiger partial charge on any atom is 0.269 e. The van der Waals surface area contributed by atoms with E-state index in [0.29, 0.717) is 34.3 Å². The van der Waals surface area contributed by atoms with Gasteiger partial charge in [-0.05, 0) is 26.0 Å². The number of aromatic nitrogens is 7. The number of ether oxygens (including phenoxy) is 2. The zero-order valence-corrected chi connectivity index (χ0v) is 18.0. The lowest BCUT2D eigenvalue weighted by atomic mass is 10.3. The van der Waals surface area contributed by atoms with E-state index in [2.05, 4.69) is 35.3 Å². The fourth-order valence-electron chi connectivity index (χ4n) is 2.79. The Balaban J connectivity index is 1.62. The molecule has 0 saturated heterocycles. The van der Waals surface area contributed by atoms with Crippen LogP contribution in [0.25, 0.3) is 16.9 Å². The van der Waals surface area contributed by atoms with Crippen molar-refractivity contribution >= 4 is 34.4 Å². The third kappa shape index (κ3) is 4.63. The standard InChI is InChI=1S/C20H19ClN8O3/c1-3-31-10-15(19(30)28-16-9-23-12(2)7-24-16)32-20-13-8-27-29(17(13)25-11-26-20)18-14(21)5-4-6-22-18/h4-9,11,15H,3,10H2,1-2H3,(H,24,28,30)/t15-/m0/s1. The van der Waals surface area contributed by atoms with E-state index in [9.17, 15) is 4.79 Å². The van der Waals surface area contributed by atoms with Gasteiger partial charge in [-0.15, -0.1) is 0 Å². The van der Waals surface area contributed by atoms with Gasteiger partial charge < -0.3 is 14.8 Å². The molecule has 0 aromatic carbocycles. The maximum atomic E-state index is 12.8. The van der Waals surface area contributed by atoms with Crippen molar-refractivity contribution in [2.24, 2.45) is 0 Å². The first-order valence-corrected chi connectivity index (χ1v) is 10.1. The smallest absolute Gasteiger partial charge is 0.269 e. The molecular formula is C20H19ClN8O3. The van der Waals surface area contributed by atoms with Crippen LogP contribution in [0, 0.1) is 6.92 Å². The molecule has 0 spiro atoms. The first kappa shape index (κ1) is 21.5. The van der Waals surface area contributed by atoms with Gasteiger partial charge in [0.15, 0.2) is 17.3 Å². The predicted octanol–water partition coefficient (Wildman–Crippen LogP) is 2.38. The Morgan fingerprint density at radius 1 is 1.19 bits per heavy atom. The minimum Gasteiger partial charge on any atom is -0.461 e. The molecule has 11 nitrogen and oxygen atoms in total. The lowest BCUT2D eigenvalue weighted by Crippen LogP contribution is -2.37. The number of amides is 1. The van der Waals surface area contributed by atoms with E-state index in [0.717, 1.165) is 5.69 Å². The van der Waals surface area contributed by atoms with Crippen LogP contribution in [0.15, 0.2) is 43.2 Å². The van der Waals surface area contributed by atoms with Crippen molar-refractivity contribution < 1.29 is 14.3 Å². The van der Waals surface area contributed by atoms with E-state index in [4.69, 9.17) is 21.1 Å². The lowest BCUT2D eigenvalue weighted by molar-refractivity contribution is -0.125. The monoisotopic (exact) mass is 454 g/mol. The van der Waals surface area contributed by atoms with Crippen molar-refractivity contribution in [1.29, 1.82) is 0 Å². The summed E-state index contributed by atoms with van der Waals surface area (Å²) < 4.78 is 12.8. The Hall–Kier alpha value is -3.70. The second-order valence-electron chi connectivity index (χ2n) is 6.58. The Bertz CT molecular complexity index is 1230. The molecule has 0 bridgehead atoms. The normalized spacial score (nSPS) is 12.0. The van der Waals surface area contributed by atoms with E-state index in [1.807, 2.05) is 6.92 Å². The van der Waals surface area contributed by atoms with Gasteiger partial charge in [-0.2, -0.15) is 9.78 Å². The largest absolute Gasteiger partial charge is 0.461 e. The molecule has 0 aliphatic rings. The second kappa shape index (κ2) is 9.62. The zero-order valence-electron chi connectivity index (χ0n) is 17.3. The number of carbonyl (C=O) groups excluding carboxylic acids is 1. The van der Waals surface area contributed by atoms with Crippen molar-refractivity contribution in [1.82, 2.24) is 34.7 Å². The molecule has 4 aromatic rings. The highest BCUT2D eigenvalue weighted by Gasteiger charge is 2.24. The van der Waals surface area contributed by atoms with Crippen molar-refractivity contribution in [3.63, 3.8) is 0 Å².